The summed E-state index contributed by atoms with van der Waals surface area (Å²) in [6.45, 7) is 2.56. The summed E-state index contributed by atoms with van der Waals surface area (Å²) in [6.07, 6.45) is 7.38. The Labute approximate surface area is 199 Å². The van der Waals surface area contributed by atoms with Gasteiger partial charge in [0.25, 0.3) is 0 Å². The lowest BCUT2D eigenvalue weighted by Gasteiger charge is -2.40. The Morgan fingerprint density at radius 2 is 1.88 bits per heavy atom. The van der Waals surface area contributed by atoms with Crippen LogP contribution in [-0.2, 0) is 11.2 Å². The minimum Gasteiger partial charge on any atom is -0.488 e. The lowest BCUT2D eigenvalue weighted by molar-refractivity contribution is -0.120. The monoisotopic (exact) mass is 458 g/mol. The molecule has 0 radical (unpaired) electrons. The number of hydrogen-bond acceptors (Lipinski definition) is 5. The van der Waals surface area contributed by atoms with E-state index in [4.69, 9.17) is 9.47 Å². The first-order valence-electron chi connectivity index (χ1n) is 12.2. The molecule has 4 heterocycles. The van der Waals surface area contributed by atoms with Crippen molar-refractivity contribution in [3.63, 3.8) is 0 Å². The summed E-state index contributed by atoms with van der Waals surface area (Å²) in [4.78, 5) is 14.1. The van der Waals surface area contributed by atoms with Gasteiger partial charge >= 0.3 is 0 Å². The largest absolute Gasteiger partial charge is 0.488 e. The number of amides is 1. The third-order valence-electron chi connectivity index (χ3n) is 7.39. The van der Waals surface area contributed by atoms with Crippen LogP contribution >= 0.6 is 0 Å². The lowest BCUT2D eigenvalue weighted by Crippen LogP contribution is -2.52. The number of nitrogens with zero attached hydrogens (tertiary/aromatic N) is 2. The Morgan fingerprint density at radius 1 is 1.12 bits per heavy atom. The molecule has 2 bridgehead atoms. The second-order valence-electron chi connectivity index (χ2n) is 9.76. The second kappa shape index (κ2) is 8.80. The normalized spacial score (nSPS) is 25.6. The predicted molar refractivity (Wildman–Crippen MR) is 129 cm³/mol. The number of carbonyl (C=O) groups excluding carboxylic acids is 1. The molecule has 1 unspecified atom stereocenters. The summed E-state index contributed by atoms with van der Waals surface area (Å²) in [6, 6.07) is 17.5. The zero-order chi connectivity index (χ0) is 23.1. The van der Waals surface area contributed by atoms with E-state index < -0.39 is 0 Å². The van der Waals surface area contributed by atoms with Crippen molar-refractivity contribution in [2.24, 2.45) is 0 Å². The van der Waals surface area contributed by atoms with Gasteiger partial charge < -0.3 is 14.8 Å². The predicted octanol–water partition coefficient (Wildman–Crippen LogP) is 4.30. The van der Waals surface area contributed by atoms with E-state index in [-0.39, 0.29) is 12.0 Å². The van der Waals surface area contributed by atoms with Crippen molar-refractivity contribution in [2.75, 3.05) is 6.54 Å². The van der Waals surface area contributed by atoms with Crippen LogP contribution in [0.4, 0.5) is 0 Å². The molecular formula is C27H30N4O3. The van der Waals surface area contributed by atoms with Crippen LogP contribution in [0.1, 0.15) is 38.2 Å². The summed E-state index contributed by atoms with van der Waals surface area (Å²) in [5.74, 6) is 2.58. The highest BCUT2D eigenvalue weighted by Crippen LogP contribution is 2.39. The Hall–Kier alpha value is -3.32. The lowest BCUT2D eigenvalue weighted by atomic mass is 9.96. The van der Waals surface area contributed by atoms with Crippen LogP contribution in [0, 0.1) is 0 Å². The number of aromatic nitrogens is 2. The molecule has 1 aromatic heterocycles. The van der Waals surface area contributed by atoms with Crippen molar-refractivity contribution in [1.82, 2.24) is 20.4 Å². The molecule has 3 aliphatic heterocycles. The standard InChI is InChI=1S/C27H30N4O3/c1-17(32)29-20-13-21-5-6-22(14-20)31(21)16-25-12-19-4-9-24(15-27(19)34-25)33-23-7-2-18(3-8-23)26-10-11-28-30-26/h2-4,7-11,15,20-22,25H,5-6,12-14,16H2,1H3,(H,28,30)(H,29,32)/t20-,21+,22-,25?. The van der Waals surface area contributed by atoms with Gasteiger partial charge in [0.05, 0.1) is 5.69 Å². The van der Waals surface area contributed by atoms with E-state index in [1.165, 1.54) is 18.4 Å². The summed E-state index contributed by atoms with van der Waals surface area (Å²) in [5.41, 5.74) is 3.30. The fraction of sp³-hybridized carbons (Fsp3) is 0.407. The maximum absolute atomic E-state index is 11.5. The molecule has 34 heavy (non-hydrogen) atoms. The molecule has 3 aliphatic rings. The van der Waals surface area contributed by atoms with E-state index in [9.17, 15) is 4.79 Å². The van der Waals surface area contributed by atoms with Gasteiger partial charge in [0.15, 0.2) is 0 Å². The van der Waals surface area contributed by atoms with Crippen LogP contribution in [0.25, 0.3) is 11.3 Å². The van der Waals surface area contributed by atoms with Crippen molar-refractivity contribution < 1.29 is 14.3 Å². The topological polar surface area (TPSA) is 79.5 Å². The van der Waals surface area contributed by atoms with Crippen LogP contribution in [0.3, 0.4) is 0 Å². The number of hydrogen-bond donors (Lipinski definition) is 2. The molecule has 7 nitrogen and oxygen atoms in total. The molecule has 7 heteroatoms. The van der Waals surface area contributed by atoms with Crippen molar-refractivity contribution in [3.05, 3.63) is 60.3 Å². The molecule has 6 rings (SSSR count). The second-order valence-corrected chi connectivity index (χ2v) is 9.76. The number of carbonyl (C=O) groups is 1. The van der Waals surface area contributed by atoms with E-state index in [1.807, 2.05) is 42.5 Å². The highest BCUT2D eigenvalue weighted by molar-refractivity contribution is 5.73. The number of H-pyrrole nitrogens is 1. The fourth-order valence-corrected chi connectivity index (χ4v) is 5.91. The third kappa shape index (κ3) is 4.28. The van der Waals surface area contributed by atoms with Gasteiger partial charge in [-0.1, -0.05) is 6.07 Å². The molecule has 0 saturated carbocycles. The molecule has 3 aromatic rings. The minimum absolute atomic E-state index is 0.0826. The number of piperidine rings is 1. The number of benzene rings is 2. The van der Waals surface area contributed by atoms with Crippen molar-refractivity contribution in [3.8, 4) is 28.5 Å². The van der Waals surface area contributed by atoms with Crippen molar-refractivity contribution >= 4 is 5.91 Å². The number of aromatic amines is 1. The quantitative estimate of drug-likeness (QED) is 0.576. The zero-order valence-electron chi connectivity index (χ0n) is 19.4. The maximum atomic E-state index is 11.5. The van der Waals surface area contributed by atoms with Crippen LogP contribution in [0.2, 0.25) is 0 Å². The van der Waals surface area contributed by atoms with Gasteiger partial charge in [-0.25, -0.2) is 0 Å². The molecule has 176 valence electrons. The average Bonchev–Trinajstić information content (AvgIpc) is 3.53. The number of nitrogens with one attached hydrogen (secondary N) is 2. The summed E-state index contributed by atoms with van der Waals surface area (Å²) in [7, 11) is 0. The minimum atomic E-state index is 0.0826. The van der Waals surface area contributed by atoms with Crippen LogP contribution in [0.5, 0.6) is 17.2 Å². The molecule has 2 fully saturated rings. The molecule has 1 amide bonds. The van der Waals surface area contributed by atoms with E-state index in [2.05, 4.69) is 26.5 Å². The summed E-state index contributed by atoms with van der Waals surface area (Å²) >= 11 is 0. The highest BCUT2D eigenvalue weighted by atomic mass is 16.5. The molecule has 2 N–H and O–H groups in total. The summed E-state index contributed by atoms with van der Waals surface area (Å²) < 4.78 is 12.5. The van der Waals surface area contributed by atoms with Crippen molar-refractivity contribution in [1.29, 1.82) is 0 Å². The van der Waals surface area contributed by atoms with E-state index in [1.54, 1.807) is 13.1 Å². The van der Waals surface area contributed by atoms with Gasteiger partial charge in [-0.3, -0.25) is 14.8 Å². The smallest absolute Gasteiger partial charge is 0.217 e. The maximum Gasteiger partial charge on any atom is 0.217 e. The van der Waals surface area contributed by atoms with Crippen LogP contribution < -0.4 is 14.8 Å². The molecule has 0 aliphatic carbocycles. The zero-order valence-corrected chi connectivity index (χ0v) is 19.4. The van der Waals surface area contributed by atoms with E-state index >= 15 is 0 Å². The summed E-state index contributed by atoms with van der Waals surface area (Å²) in [5, 5.41) is 10.1. The molecule has 0 spiro atoms. The van der Waals surface area contributed by atoms with Crippen LogP contribution in [0.15, 0.2) is 54.7 Å². The van der Waals surface area contributed by atoms with Gasteiger partial charge in [0.1, 0.15) is 23.4 Å². The Morgan fingerprint density at radius 3 is 2.59 bits per heavy atom. The van der Waals surface area contributed by atoms with Crippen LogP contribution in [-0.4, -0.2) is 51.8 Å². The number of fused-ring (bicyclic) bond motifs is 3. The SMILES string of the molecule is CC(=O)N[C@H]1C[C@H]2CC[C@@H](C1)N2CC1Cc2ccc(Oc3ccc(-c4ccn[nH]4)cc3)cc2O1. The number of ether oxygens (including phenoxy) is 2. The Bertz CT molecular complexity index is 1150. The number of rotatable bonds is 6. The van der Waals surface area contributed by atoms with E-state index in [0.717, 1.165) is 54.3 Å². The molecular weight excluding hydrogens is 428 g/mol. The van der Waals surface area contributed by atoms with Gasteiger partial charge in [-0.05, 0) is 73.2 Å². The Balaban J connectivity index is 1.07. The van der Waals surface area contributed by atoms with Gasteiger partial charge in [-0.2, -0.15) is 5.10 Å². The Kier molecular flexibility index (Phi) is 5.49. The van der Waals surface area contributed by atoms with Gasteiger partial charge in [0, 0.05) is 50.3 Å². The van der Waals surface area contributed by atoms with Gasteiger partial charge in [-0.15, -0.1) is 0 Å². The molecule has 4 atom stereocenters. The first kappa shape index (κ1) is 21.2. The van der Waals surface area contributed by atoms with Crippen molar-refractivity contribution in [2.45, 2.75) is 63.3 Å². The molecule has 2 saturated heterocycles. The van der Waals surface area contributed by atoms with Gasteiger partial charge in [0.2, 0.25) is 5.91 Å². The third-order valence-corrected chi connectivity index (χ3v) is 7.39. The molecule has 2 aromatic carbocycles. The fourth-order valence-electron chi connectivity index (χ4n) is 5.91. The first-order valence-corrected chi connectivity index (χ1v) is 12.2. The van der Waals surface area contributed by atoms with E-state index in [0.29, 0.717) is 18.1 Å². The first-order chi connectivity index (χ1) is 16.6. The average molecular weight is 459 g/mol. The highest BCUT2D eigenvalue weighted by Gasteiger charge is 2.42.